The van der Waals surface area contributed by atoms with Crippen LogP contribution in [0.1, 0.15) is 25.7 Å². The summed E-state index contributed by atoms with van der Waals surface area (Å²) in [6.07, 6.45) is 9.03. The van der Waals surface area contributed by atoms with E-state index in [2.05, 4.69) is 6.08 Å². The highest BCUT2D eigenvalue weighted by Gasteiger charge is 2.64. The lowest BCUT2D eigenvalue weighted by molar-refractivity contribution is 0.150. The topological polar surface area (TPSA) is 0 Å². The van der Waals surface area contributed by atoms with E-state index in [4.69, 9.17) is 0 Å². The van der Waals surface area contributed by atoms with Crippen LogP contribution in [0.4, 0.5) is 0 Å². The number of rotatable bonds is 0. The third kappa shape index (κ3) is 0.532. The summed E-state index contributed by atoms with van der Waals surface area (Å²) in [5, 5.41) is 0. The molecule has 0 spiro atoms. The fraction of sp³-hybridized carbons (Fsp3) is 0.846. The van der Waals surface area contributed by atoms with Crippen molar-refractivity contribution in [2.45, 2.75) is 25.7 Å². The van der Waals surface area contributed by atoms with Gasteiger partial charge in [-0.2, -0.15) is 0 Å². The first-order valence-electron chi connectivity index (χ1n) is 6.12. The molecule has 68 valence electrons. The van der Waals surface area contributed by atoms with Gasteiger partial charge in [-0.05, 0) is 67.1 Å². The molecule has 0 heterocycles. The Balaban J connectivity index is 1.71. The highest BCUT2D eigenvalue weighted by atomic mass is 14.7. The molecule has 6 aliphatic rings. The van der Waals surface area contributed by atoms with E-state index in [0.717, 1.165) is 17.8 Å². The Morgan fingerprint density at radius 2 is 1.69 bits per heavy atom. The van der Waals surface area contributed by atoms with Crippen molar-refractivity contribution in [3.63, 3.8) is 0 Å². The second-order valence-corrected chi connectivity index (χ2v) is 6.26. The van der Waals surface area contributed by atoms with Crippen LogP contribution in [0.15, 0.2) is 11.6 Å². The van der Waals surface area contributed by atoms with E-state index in [1.54, 1.807) is 19.3 Å². The normalized spacial score (nSPS) is 69.5. The summed E-state index contributed by atoms with van der Waals surface area (Å²) in [6.45, 7) is 0. The Morgan fingerprint density at radius 1 is 0.923 bits per heavy atom. The molecule has 7 atom stereocenters. The lowest BCUT2D eigenvalue weighted by Gasteiger charge is -2.46. The summed E-state index contributed by atoms with van der Waals surface area (Å²) in [5.41, 5.74) is 1.90. The molecule has 0 heteroatoms. The van der Waals surface area contributed by atoms with Gasteiger partial charge in [-0.15, -0.1) is 0 Å². The zero-order chi connectivity index (χ0) is 8.15. The van der Waals surface area contributed by atoms with Crippen LogP contribution < -0.4 is 0 Å². The zero-order valence-electron chi connectivity index (χ0n) is 7.95. The predicted molar refractivity (Wildman–Crippen MR) is 51.0 cm³/mol. The van der Waals surface area contributed by atoms with E-state index in [-0.39, 0.29) is 0 Å². The van der Waals surface area contributed by atoms with E-state index < -0.39 is 0 Å². The minimum Gasteiger partial charge on any atom is -0.0813 e. The van der Waals surface area contributed by atoms with Gasteiger partial charge < -0.3 is 0 Å². The molecule has 4 fully saturated rings. The molecule has 0 aliphatic heterocycles. The molecule has 6 rings (SSSR count). The van der Waals surface area contributed by atoms with Gasteiger partial charge in [-0.3, -0.25) is 0 Å². The monoisotopic (exact) mass is 172 g/mol. The molecule has 6 aliphatic carbocycles. The SMILES string of the molecule is C1=C2CC1[C@H]1CC3C4CC4CC1[C@H]23. The Labute approximate surface area is 79.4 Å². The molecule has 6 bridgehead atoms. The van der Waals surface area contributed by atoms with Crippen molar-refractivity contribution in [1.82, 2.24) is 0 Å². The van der Waals surface area contributed by atoms with Crippen LogP contribution in [0.5, 0.6) is 0 Å². The minimum absolute atomic E-state index is 1.05. The van der Waals surface area contributed by atoms with Crippen LogP contribution in [0.25, 0.3) is 0 Å². The minimum atomic E-state index is 1.05. The number of hydrogen-bond donors (Lipinski definition) is 0. The Bertz CT molecular complexity index is 325. The van der Waals surface area contributed by atoms with Crippen molar-refractivity contribution in [2.24, 2.45) is 41.4 Å². The lowest BCUT2D eigenvalue weighted by atomic mass is 9.59. The van der Waals surface area contributed by atoms with E-state index in [1.165, 1.54) is 30.1 Å². The van der Waals surface area contributed by atoms with Gasteiger partial charge in [-0.25, -0.2) is 0 Å². The van der Waals surface area contributed by atoms with Gasteiger partial charge in [0.2, 0.25) is 0 Å². The maximum Gasteiger partial charge on any atom is -0.0140 e. The molecule has 0 aromatic carbocycles. The van der Waals surface area contributed by atoms with Gasteiger partial charge in [0.1, 0.15) is 0 Å². The summed E-state index contributed by atoms with van der Waals surface area (Å²) in [5.74, 6) is 8.07. The molecule has 0 saturated heterocycles. The van der Waals surface area contributed by atoms with Crippen molar-refractivity contribution in [2.75, 3.05) is 0 Å². The maximum absolute atomic E-state index is 2.65. The molecule has 4 saturated carbocycles. The number of allylic oxidation sites excluding steroid dienone is 2. The van der Waals surface area contributed by atoms with Gasteiger partial charge >= 0.3 is 0 Å². The highest BCUT2D eigenvalue weighted by molar-refractivity contribution is 5.33. The van der Waals surface area contributed by atoms with E-state index in [0.29, 0.717) is 0 Å². The molecule has 5 unspecified atom stereocenters. The molecule has 0 nitrogen and oxygen atoms in total. The zero-order valence-corrected chi connectivity index (χ0v) is 7.95. The largest absolute Gasteiger partial charge is 0.0813 e. The lowest BCUT2D eigenvalue weighted by Crippen LogP contribution is -2.38. The van der Waals surface area contributed by atoms with Gasteiger partial charge in [0.05, 0.1) is 0 Å². The molecule has 13 heavy (non-hydrogen) atoms. The second-order valence-electron chi connectivity index (χ2n) is 6.26. The van der Waals surface area contributed by atoms with Gasteiger partial charge in [-0.1, -0.05) is 11.6 Å². The molecular weight excluding hydrogens is 156 g/mol. The second kappa shape index (κ2) is 1.64. The molecule has 0 aromatic heterocycles. The van der Waals surface area contributed by atoms with Gasteiger partial charge in [0, 0.05) is 0 Å². The van der Waals surface area contributed by atoms with Gasteiger partial charge in [0.25, 0.3) is 0 Å². The van der Waals surface area contributed by atoms with Crippen molar-refractivity contribution in [3.05, 3.63) is 11.6 Å². The molecule has 0 amide bonds. The summed E-state index contributed by atoms with van der Waals surface area (Å²) in [6, 6.07) is 0. The quantitative estimate of drug-likeness (QED) is 0.493. The molecule has 0 aromatic rings. The van der Waals surface area contributed by atoms with Crippen LogP contribution in [0, 0.1) is 41.4 Å². The van der Waals surface area contributed by atoms with Crippen LogP contribution >= 0.6 is 0 Å². The summed E-state index contributed by atoms with van der Waals surface area (Å²) in [4.78, 5) is 0. The molecular formula is C13H16. The Hall–Kier alpha value is -0.260. The van der Waals surface area contributed by atoms with Gasteiger partial charge in [0.15, 0.2) is 0 Å². The third-order valence-electron chi connectivity index (χ3n) is 6.00. The van der Waals surface area contributed by atoms with E-state index >= 15 is 0 Å². The standard InChI is InChI=1S/C13H16/c1-6-2-8(1)13-11-4-7-3-9(7)12(13)5-10(6)11/h1,6-7,9-13H,2-5H2/t6?,7?,9?,10-,11?,12?,13+/m1/s1. The van der Waals surface area contributed by atoms with Crippen molar-refractivity contribution in [3.8, 4) is 0 Å². The van der Waals surface area contributed by atoms with E-state index in [1.807, 2.05) is 5.57 Å². The first kappa shape index (κ1) is 6.27. The smallest absolute Gasteiger partial charge is 0.0140 e. The van der Waals surface area contributed by atoms with Crippen molar-refractivity contribution in [1.29, 1.82) is 0 Å². The third-order valence-corrected chi connectivity index (χ3v) is 6.00. The van der Waals surface area contributed by atoms with Crippen molar-refractivity contribution >= 4 is 0 Å². The number of fused-ring (bicyclic) bond motifs is 2. The van der Waals surface area contributed by atoms with Crippen LogP contribution in [-0.2, 0) is 0 Å². The molecule has 0 radical (unpaired) electrons. The van der Waals surface area contributed by atoms with Crippen molar-refractivity contribution < 1.29 is 0 Å². The van der Waals surface area contributed by atoms with Crippen LogP contribution in [0.3, 0.4) is 0 Å². The number of hydrogen-bond acceptors (Lipinski definition) is 0. The average Bonchev–Trinajstić information content (AvgIpc) is 2.77. The maximum atomic E-state index is 2.65. The van der Waals surface area contributed by atoms with Crippen LogP contribution in [-0.4, -0.2) is 0 Å². The summed E-state index contributed by atoms with van der Waals surface area (Å²) in [7, 11) is 0. The summed E-state index contributed by atoms with van der Waals surface area (Å²) < 4.78 is 0. The first-order valence-corrected chi connectivity index (χ1v) is 6.12. The highest BCUT2D eigenvalue weighted by Crippen LogP contribution is 2.72. The van der Waals surface area contributed by atoms with E-state index in [9.17, 15) is 0 Å². The molecule has 0 N–H and O–H groups in total. The predicted octanol–water partition coefficient (Wildman–Crippen LogP) is 2.85. The Kier molecular flexibility index (Phi) is 0.790. The fourth-order valence-electron chi connectivity index (χ4n) is 5.48. The summed E-state index contributed by atoms with van der Waals surface area (Å²) >= 11 is 0. The van der Waals surface area contributed by atoms with Crippen LogP contribution in [0.2, 0.25) is 0 Å². The fourth-order valence-corrected chi connectivity index (χ4v) is 5.48. The Morgan fingerprint density at radius 3 is 2.62 bits per heavy atom. The first-order chi connectivity index (χ1) is 6.42. The average molecular weight is 172 g/mol.